The van der Waals surface area contributed by atoms with Crippen molar-refractivity contribution in [3.05, 3.63) is 39.5 Å². The van der Waals surface area contributed by atoms with Crippen molar-refractivity contribution in [3.8, 4) is 6.07 Å². The number of aromatic nitrogens is 1. The van der Waals surface area contributed by atoms with E-state index >= 15 is 0 Å². The highest BCUT2D eigenvalue weighted by atomic mass is 35.5. The zero-order chi connectivity index (χ0) is 12.4. The van der Waals surface area contributed by atoms with E-state index in [-0.39, 0.29) is 0 Å². The minimum absolute atomic E-state index is 0.507. The Morgan fingerprint density at radius 3 is 2.82 bits per heavy atom. The number of benzene rings is 1. The predicted octanol–water partition coefficient (Wildman–Crippen LogP) is 4.37. The van der Waals surface area contributed by atoms with Crippen LogP contribution in [-0.2, 0) is 0 Å². The Kier molecular flexibility index (Phi) is 3.53. The second-order valence-corrected chi connectivity index (χ2v) is 4.95. The average Bonchev–Trinajstić information content (AvgIpc) is 2.63. The highest BCUT2D eigenvalue weighted by molar-refractivity contribution is 7.10. The van der Waals surface area contributed by atoms with Gasteiger partial charge in [-0.2, -0.15) is 9.64 Å². The fourth-order valence-corrected chi connectivity index (χ4v) is 2.52. The van der Waals surface area contributed by atoms with Crippen LogP contribution in [0.3, 0.4) is 0 Å². The van der Waals surface area contributed by atoms with Crippen LogP contribution >= 0.6 is 34.7 Å². The summed E-state index contributed by atoms with van der Waals surface area (Å²) in [6.07, 6.45) is 0. The molecule has 0 aliphatic heterocycles. The van der Waals surface area contributed by atoms with Gasteiger partial charge in [-0.25, -0.2) is 0 Å². The lowest BCUT2D eigenvalue weighted by Crippen LogP contribution is -1.91. The van der Waals surface area contributed by atoms with Crippen LogP contribution in [0.1, 0.15) is 11.3 Å². The summed E-state index contributed by atoms with van der Waals surface area (Å²) in [5.41, 5.74) is 1.96. The van der Waals surface area contributed by atoms with Crippen molar-refractivity contribution in [2.45, 2.75) is 6.92 Å². The van der Waals surface area contributed by atoms with E-state index in [0.29, 0.717) is 32.0 Å². The number of hydrogen-bond donors (Lipinski definition) is 1. The van der Waals surface area contributed by atoms with Crippen LogP contribution < -0.4 is 5.32 Å². The van der Waals surface area contributed by atoms with Crippen LogP contribution in [0.5, 0.6) is 0 Å². The molecule has 0 aliphatic carbocycles. The summed E-state index contributed by atoms with van der Waals surface area (Å²) in [6.45, 7) is 1.80. The molecule has 17 heavy (non-hydrogen) atoms. The lowest BCUT2D eigenvalue weighted by atomic mass is 10.2. The first-order chi connectivity index (χ1) is 8.11. The molecule has 6 heteroatoms. The average molecular weight is 284 g/mol. The molecule has 1 N–H and O–H groups in total. The summed E-state index contributed by atoms with van der Waals surface area (Å²) in [6, 6.07) is 7.25. The van der Waals surface area contributed by atoms with Gasteiger partial charge in [0.25, 0.3) is 0 Å². The van der Waals surface area contributed by atoms with E-state index in [1.165, 1.54) is 11.5 Å². The van der Waals surface area contributed by atoms with E-state index in [4.69, 9.17) is 28.5 Å². The van der Waals surface area contributed by atoms with Gasteiger partial charge in [0, 0.05) is 5.02 Å². The minimum atomic E-state index is 0.507. The Balaban J connectivity index is 2.35. The normalized spacial score (nSPS) is 10.0. The maximum absolute atomic E-state index is 9.00. The molecule has 0 aliphatic rings. The van der Waals surface area contributed by atoms with Gasteiger partial charge in [-0.05, 0) is 36.7 Å². The maximum atomic E-state index is 9.00. The van der Waals surface area contributed by atoms with Gasteiger partial charge in [0.2, 0.25) is 0 Å². The van der Waals surface area contributed by atoms with Crippen molar-refractivity contribution in [2.75, 3.05) is 5.32 Å². The smallest absolute Gasteiger partial charge is 0.132 e. The van der Waals surface area contributed by atoms with Crippen LogP contribution in [0.4, 0.5) is 10.7 Å². The molecule has 0 radical (unpaired) electrons. The van der Waals surface area contributed by atoms with E-state index < -0.39 is 0 Å². The van der Waals surface area contributed by atoms with Crippen molar-refractivity contribution in [1.82, 2.24) is 4.37 Å². The molecule has 0 saturated carbocycles. The standard InChI is InChI=1S/C11H7Cl2N3S/c1-6-8(5-14)11(17-16-6)15-10-3-2-7(12)4-9(10)13/h2-4,15H,1H3. The third-order valence-corrected chi connectivity index (χ3v) is 3.56. The van der Waals surface area contributed by atoms with E-state index in [1.54, 1.807) is 25.1 Å². The summed E-state index contributed by atoms with van der Waals surface area (Å²) in [5.74, 6) is 0. The lowest BCUT2D eigenvalue weighted by molar-refractivity contribution is 1.31. The van der Waals surface area contributed by atoms with Crippen LogP contribution in [-0.4, -0.2) is 4.37 Å². The SMILES string of the molecule is Cc1nsc(Nc2ccc(Cl)cc2Cl)c1C#N. The first kappa shape index (κ1) is 12.2. The number of nitrogens with one attached hydrogen (secondary N) is 1. The number of aryl methyl sites for hydroxylation is 1. The molecule has 0 unspecified atom stereocenters. The Bertz CT molecular complexity index is 601. The molecule has 0 amide bonds. The highest BCUT2D eigenvalue weighted by Gasteiger charge is 2.11. The van der Waals surface area contributed by atoms with Gasteiger partial charge in [-0.3, -0.25) is 0 Å². The van der Waals surface area contributed by atoms with Crippen LogP contribution in [0.2, 0.25) is 10.0 Å². The van der Waals surface area contributed by atoms with Gasteiger partial charge in [-0.1, -0.05) is 23.2 Å². The second-order valence-electron chi connectivity index (χ2n) is 3.33. The Morgan fingerprint density at radius 2 is 2.18 bits per heavy atom. The Labute approximate surface area is 113 Å². The quantitative estimate of drug-likeness (QED) is 0.890. The van der Waals surface area contributed by atoms with Crippen molar-refractivity contribution in [2.24, 2.45) is 0 Å². The van der Waals surface area contributed by atoms with E-state index in [9.17, 15) is 0 Å². The largest absolute Gasteiger partial charge is 0.344 e. The fraction of sp³-hybridized carbons (Fsp3) is 0.0909. The molecule has 0 fully saturated rings. The van der Waals surface area contributed by atoms with Crippen molar-refractivity contribution >= 4 is 45.4 Å². The molecular weight excluding hydrogens is 277 g/mol. The monoisotopic (exact) mass is 283 g/mol. The molecule has 1 aromatic carbocycles. The lowest BCUT2D eigenvalue weighted by Gasteiger charge is -2.06. The number of anilines is 2. The van der Waals surface area contributed by atoms with Gasteiger partial charge in [-0.15, -0.1) is 0 Å². The van der Waals surface area contributed by atoms with Gasteiger partial charge >= 0.3 is 0 Å². The second kappa shape index (κ2) is 4.92. The van der Waals surface area contributed by atoms with Crippen LogP contribution in [0.15, 0.2) is 18.2 Å². The molecule has 1 heterocycles. The molecule has 0 bridgehead atoms. The molecule has 2 aromatic rings. The topological polar surface area (TPSA) is 48.7 Å². The van der Waals surface area contributed by atoms with E-state index in [2.05, 4.69) is 15.8 Å². The van der Waals surface area contributed by atoms with Gasteiger partial charge in [0.15, 0.2) is 0 Å². The van der Waals surface area contributed by atoms with Crippen molar-refractivity contribution in [1.29, 1.82) is 5.26 Å². The molecule has 86 valence electrons. The highest BCUT2D eigenvalue weighted by Crippen LogP contribution is 2.32. The Morgan fingerprint density at radius 1 is 1.41 bits per heavy atom. The number of nitriles is 1. The molecule has 0 spiro atoms. The van der Waals surface area contributed by atoms with Crippen molar-refractivity contribution in [3.63, 3.8) is 0 Å². The molecular formula is C11H7Cl2N3S. The third kappa shape index (κ3) is 2.52. The van der Waals surface area contributed by atoms with Gasteiger partial charge in [0.1, 0.15) is 16.6 Å². The summed E-state index contributed by atoms with van der Waals surface area (Å²) >= 11 is 13.1. The number of halogens is 2. The van der Waals surface area contributed by atoms with Gasteiger partial charge in [0.05, 0.1) is 16.4 Å². The zero-order valence-corrected chi connectivity index (χ0v) is 11.1. The Hall–Kier alpha value is -1.28. The van der Waals surface area contributed by atoms with Crippen LogP contribution in [0, 0.1) is 18.3 Å². The summed E-state index contributed by atoms with van der Waals surface area (Å²) in [7, 11) is 0. The number of rotatable bonds is 2. The number of hydrogen-bond acceptors (Lipinski definition) is 4. The summed E-state index contributed by atoms with van der Waals surface area (Å²) in [5, 5.41) is 13.9. The molecule has 0 saturated heterocycles. The zero-order valence-electron chi connectivity index (χ0n) is 8.79. The maximum Gasteiger partial charge on any atom is 0.132 e. The third-order valence-electron chi connectivity index (χ3n) is 2.15. The van der Waals surface area contributed by atoms with Crippen molar-refractivity contribution < 1.29 is 0 Å². The fourth-order valence-electron chi connectivity index (χ4n) is 1.30. The van der Waals surface area contributed by atoms with Crippen LogP contribution in [0.25, 0.3) is 0 Å². The van der Waals surface area contributed by atoms with E-state index in [0.717, 1.165) is 0 Å². The molecule has 2 rings (SSSR count). The molecule has 0 atom stereocenters. The van der Waals surface area contributed by atoms with E-state index in [1.807, 2.05) is 0 Å². The summed E-state index contributed by atoms with van der Waals surface area (Å²) in [4.78, 5) is 0. The first-order valence-corrected chi connectivity index (χ1v) is 6.23. The molecule has 3 nitrogen and oxygen atoms in total. The first-order valence-electron chi connectivity index (χ1n) is 4.70. The summed E-state index contributed by atoms with van der Waals surface area (Å²) < 4.78 is 4.12. The van der Waals surface area contributed by atoms with Gasteiger partial charge < -0.3 is 5.32 Å². The predicted molar refractivity (Wildman–Crippen MR) is 71.3 cm³/mol. The number of nitrogens with zero attached hydrogens (tertiary/aromatic N) is 2. The molecule has 1 aromatic heterocycles. The minimum Gasteiger partial charge on any atom is -0.344 e.